The van der Waals surface area contributed by atoms with E-state index in [1.807, 2.05) is 6.92 Å². The fraction of sp³-hybridized carbons (Fsp3) is 0.659. The van der Waals surface area contributed by atoms with Gasteiger partial charge in [-0.25, -0.2) is 8.98 Å². The van der Waals surface area contributed by atoms with Crippen LogP contribution in [0.15, 0.2) is 35.3 Å². The number of cyclic esters (lactones) is 1. The van der Waals surface area contributed by atoms with Crippen molar-refractivity contribution < 1.29 is 65.3 Å². The average molecular weight is 940 g/mol. The predicted molar refractivity (Wildman–Crippen MR) is 233 cm³/mol. The molecule has 0 aromatic heterocycles. The van der Waals surface area contributed by atoms with Crippen LogP contribution in [-0.4, -0.2) is 157 Å². The number of benzene rings is 1. The lowest BCUT2D eigenvalue weighted by molar-refractivity contribution is -0.171. The predicted octanol–water partition coefficient (Wildman–Crippen LogP) is -1.77. The number of nitrogens with zero attached hydrogens (tertiary/aromatic N) is 3. The summed E-state index contributed by atoms with van der Waals surface area (Å²) in [6.07, 6.45) is -4.08. The van der Waals surface area contributed by atoms with E-state index in [9.17, 15) is 51.6 Å². The molecule has 0 spiro atoms. The van der Waals surface area contributed by atoms with Gasteiger partial charge in [-0.3, -0.25) is 38.3 Å². The first-order chi connectivity index (χ1) is 30.6. The summed E-state index contributed by atoms with van der Waals surface area (Å²) in [6, 6.07) is 0.177. The minimum atomic E-state index is -5.32. The van der Waals surface area contributed by atoms with Crippen molar-refractivity contribution in [1.29, 1.82) is 0 Å². The molecule has 0 unspecified atom stereocenters. The van der Waals surface area contributed by atoms with Crippen LogP contribution in [0, 0.1) is 11.8 Å². The van der Waals surface area contributed by atoms with Gasteiger partial charge in [0.25, 0.3) is 5.91 Å². The van der Waals surface area contributed by atoms with Crippen LogP contribution in [-0.2, 0) is 64.0 Å². The second-order valence-electron chi connectivity index (χ2n) is 16.3. The third kappa shape index (κ3) is 15.1. The molecule has 2 bridgehead atoms. The lowest BCUT2D eigenvalue weighted by atomic mass is 9.91. The molecule has 24 heteroatoms. The number of amides is 6. The van der Waals surface area contributed by atoms with Crippen molar-refractivity contribution in [3.63, 3.8) is 0 Å². The Kier molecular flexibility index (Phi) is 20.5. The molecule has 2 heterocycles. The number of aliphatic hydroxyl groups excluding tert-OH is 1. The molecule has 2 saturated heterocycles. The number of fused-ring (bicyclic) bond motifs is 2. The maximum atomic E-state index is 15.0. The summed E-state index contributed by atoms with van der Waals surface area (Å²) < 4.78 is 48.0. The lowest BCUT2D eigenvalue weighted by Gasteiger charge is -2.46. The van der Waals surface area contributed by atoms with Crippen LogP contribution >= 0.6 is 0 Å². The molecule has 2 aliphatic rings. The largest absolute Gasteiger partial charge is 0.458 e. The number of nitrogens with one attached hydrogen (secondary N) is 4. The number of esters is 1. The third-order valence-electron chi connectivity index (χ3n) is 11.7. The summed E-state index contributed by atoms with van der Waals surface area (Å²) >= 11 is 0. The minimum Gasteiger partial charge on any atom is -0.458 e. The van der Waals surface area contributed by atoms with Gasteiger partial charge in [-0.05, 0) is 50.0 Å². The number of carbonyl (C=O) groups is 7. The Morgan fingerprint density at radius 3 is 2.18 bits per heavy atom. The van der Waals surface area contributed by atoms with E-state index < -0.39 is 125 Å². The molecule has 6 amide bonds. The Labute approximate surface area is 379 Å². The van der Waals surface area contributed by atoms with Crippen LogP contribution in [0.4, 0.5) is 0 Å². The highest BCUT2D eigenvalue weighted by atomic mass is 32.3. The van der Waals surface area contributed by atoms with Gasteiger partial charge >= 0.3 is 16.4 Å². The molecule has 10 N–H and O–H groups in total. The van der Waals surface area contributed by atoms with Crippen LogP contribution in [0.2, 0.25) is 0 Å². The maximum Gasteiger partial charge on any atom is 0.398 e. The standard InChI is InChI=1S/C41H65N9O14S/c1-8-22(3)31-40(58)63-24(5)32(48-36(54)29(21-51)64-65(59,60)61)37(55)45-26(16-13-19-44-41(42)43)34(52)46-27-17-18-30(62-7)50(38(27)56)33(23(4)9-2)39(57)49(6)28(35(53)47-31)20-25-14-11-10-12-15-25/h10-12,14-15,22-24,26-33,51H,8-9,13,16-21H2,1-7H3,(H,45,55)(H,46,52)(H,47,53)(H,48,54)(H4,42,43,44)(H,59,60,61)/t22-,23-,24+,26-,27-,28-,29+,30+,31-,32-,33-/m0/s1. The van der Waals surface area contributed by atoms with Gasteiger partial charge in [0, 0.05) is 27.1 Å². The first-order valence-corrected chi connectivity index (χ1v) is 22.8. The number of aliphatic imine (C=N–C) groups is 1. The van der Waals surface area contributed by atoms with Crippen molar-refractivity contribution >= 4 is 57.8 Å². The Bertz CT molecular complexity index is 1970. The molecule has 3 rings (SSSR count). The van der Waals surface area contributed by atoms with Gasteiger partial charge in [0.05, 0.1) is 6.61 Å². The van der Waals surface area contributed by atoms with Crippen molar-refractivity contribution in [3.05, 3.63) is 35.9 Å². The van der Waals surface area contributed by atoms with E-state index in [4.69, 9.17) is 20.9 Å². The number of piperidine rings is 1. The fourth-order valence-electron chi connectivity index (χ4n) is 7.54. The molecule has 0 radical (unpaired) electrons. The number of nitrogens with two attached hydrogens (primary N) is 2. The molecule has 2 fully saturated rings. The number of rotatable bonds is 16. The van der Waals surface area contributed by atoms with Gasteiger partial charge < -0.3 is 57.1 Å². The summed E-state index contributed by atoms with van der Waals surface area (Å²) in [4.78, 5) is 107. The van der Waals surface area contributed by atoms with Crippen LogP contribution in [0.25, 0.3) is 0 Å². The molecule has 11 atom stereocenters. The first kappa shape index (κ1) is 53.9. The fourth-order valence-corrected chi connectivity index (χ4v) is 7.98. The van der Waals surface area contributed by atoms with Crippen molar-refractivity contribution in [3.8, 4) is 0 Å². The highest BCUT2D eigenvalue weighted by Crippen LogP contribution is 2.29. The molecule has 2 aliphatic heterocycles. The Balaban J connectivity index is 2.29. The Morgan fingerprint density at radius 1 is 0.969 bits per heavy atom. The number of likely N-dealkylation sites (N-methyl/N-ethyl adjacent to an activating group) is 1. The summed E-state index contributed by atoms with van der Waals surface area (Å²) in [6.45, 7) is 6.86. The second-order valence-corrected chi connectivity index (χ2v) is 17.3. The van der Waals surface area contributed by atoms with Gasteiger partial charge in [-0.15, -0.1) is 0 Å². The van der Waals surface area contributed by atoms with E-state index in [0.29, 0.717) is 18.4 Å². The van der Waals surface area contributed by atoms with Crippen LogP contribution < -0.4 is 32.7 Å². The summed E-state index contributed by atoms with van der Waals surface area (Å²) in [5, 5.41) is 19.9. The number of hydrogen-bond donors (Lipinski definition) is 8. The monoisotopic (exact) mass is 939 g/mol. The number of hydrogen-bond acceptors (Lipinski definition) is 14. The third-order valence-corrected chi connectivity index (χ3v) is 12.1. The Morgan fingerprint density at radius 2 is 1.62 bits per heavy atom. The first-order valence-electron chi connectivity index (χ1n) is 21.5. The van der Waals surface area contributed by atoms with Crippen molar-refractivity contribution in [2.75, 3.05) is 27.3 Å². The lowest BCUT2D eigenvalue weighted by Crippen LogP contribution is -2.66. The zero-order valence-corrected chi connectivity index (χ0v) is 38.6. The number of methoxy groups -OCH3 is 1. The highest BCUT2D eigenvalue weighted by molar-refractivity contribution is 7.80. The van der Waals surface area contributed by atoms with Crippen LogP contribution in [0.1, 0.15) is 78.7 Å². The van der Waals surface area contributed by atoms with Crippen molar-refractivity contribution in [2.45, 2.75) is 134 Å². The van der Waals surface area contributed by atoms with Crippen molar-refractivity contribution in [2.24, 2.45) is 28.3 Å². The smallest absolute Gasteiger partial charge is 0.398 e. The number of guanidine groups is 1. The number of carbonyl (C=O) groups excluding carboxylic acids is 7. The molecule has 0 aliphatic carbocycles. The zero-order valence-electron chi connectivity index (χ0n) is 37.8. The number of aliphatic hydroxyl groups is 1. The molecule has 1 aromatic rings. The van der Waals surface area contributed by atoms with E-state index in [-0.39, 0.29) is 44.6 Å². The molecule has 65 heavy (non-hydrogen) atoms. The highest BCUT2D eigenvalue weighted by Gasteiger charge is 2.47. The van der Waals surface area contributed by atoms with E-state index in [0.717, 1.165) is 0 Å². The van der Waals surface area contributed by atoms with E-state index in [2.05, 4.69) is 30.4 Å². The van der Waals surface area contributed by atoms with Crippen LogP contribution in [0.5, 0.6) is 0 Å². The van der Waals surface area contributed by atoms with Gasteiger partial charge in [0.15, 0.2) is 12.1 Å². The van der Waals surface area contributed by atoms with E-state index in [1.165, 1.54) is 30.9 Å². The van der Waals surface area contributed by atoms with E-state index >= 15 is 0 Å². The summed E-state index contributed by atoms with van der Waals surface area (Å²) in [5.74, 6) is -8.05. The van der Waals surface area contributed by atoms with Gasteiger partial charge in [-0.2, -0.15) is 8.42 Å². The van der Waals surface area contributed by atoms with Crippen LogP contribution in [0.3, 0.4) is 0 Å². The zero-order chi connectivity index (χ0) is 48.8. The molecular weight excluding hydrogens is 875 g/mol. The SMILES string of the molecule is CC[C@H](C)[C@@H]1NC(=O)[C@H](Cc2ccccc2)N(C)C(=O)[C@H]([C@@H](C)CC)N2C(=O)[C@H](CC[C@H]2OC)NC(=O)[C@H](CCCN=C(N)N)NC(=O)[C@@H](NC(=O)[C@@H](CO)OS(=O)(=O)O)[C@@H](C)OC1=O. The van der Waals surface area contributed by atoms with Gasteiger partial charge in [0.2, 0.25) is 29.5 Å². The molecule has 1 aromatic carbocycles. The average Bonchev–Trinajstić information content (AvgIpc) is 3.26. The summed E-state index contributed by atoms with van der Waals surface area (Å²) in [7, 11) is -2.52. The minimum absolute atomic E-state index is 0.00677. The molecule has 364 valence electrons. The maximum absolute atomic E-state index is 15.0. The quantitative estimate of drug-likeness (QED) is 0.0299. The normalized spacial score (nSPS) is 26.8. The molecule has 0 saturated carbocycles. The van der Waals surface area contributed by atoms with Gasteiger partial charge in [0.1, 0.15) is 48.6 Å². The molecule has 23 nitrogen and oxygen atoms in total. The summed E-state index contributed by atoms with van der Waals surface area (Å²) in [5.41, 5.74) is 11.6. The Hall–Kier alpha value is -5.43. The van der Waals surface area contributed by atoms with Gasteiger partial charge in [-0.1, -0.05) is 70.9 Å². The molecular formula is C41H65N9O14S. The topological polar surface area (TPSA) is 341 Å². The number of ether oxygens (including phenoxy) is 2. The second kappa shape index (κ2) is 24.7. The van der Waals surface area contributed by atoms with E-state index in [1.54, 1.807) is 51.1 Å². The van der Waals surface area contributed by atoms with Crippen molar-refractivity contribution in [1.82, 2.24) is 31.1 Å².